The maximum absolute atomic E-state index is 11.9. The molecule has 7 heteroatoms. The molecule has 0 aliphatic heterocycles. The van der Waals surface area contributed by atoms with E-state index in [1.165, 1.54) is 25.3 Å². The summed E-state index contributed by atoms with van der Waals surface area (Å²) in [5.41, 5.74) is 0.398. The molecule has 0 aliphatic carbocycles. The van der Waals surface area contributed by atoms with Gasteiger partial charge in [-0.1, -0.05) is 25.4 Å². The number of hydrogen-bond acceptors (Lipinski definition) is 5. The molecule has 6 nitrogen and oxygen atoms in total. The van der Waals surface area contributed by atoms with Crippen LogP contribution in [0.25, 0.3) is 0 Å². The molecule has 0 fully saturated rings. The van der Waals surface area contributed by atoms with Crippen LogP contribution in [0.15, 0.2) is 18.2 Å². The second-order valence-corrected chi connectivity index (χ2v) is 5.73. The summed E-state index contributed by atoms with van der Waals surface area (Å²) in [4.78, 5) is 23.6. The summed E-state index contributed by atoms with van der Waals surface area (Å²) in [5.74, 6) is -0.447. The Bertz CT molecular complexity index is 611. The molecule has 0 saturated carbocycles. The molecule has 23 heavy (non-hydrogen) atoms. The Labute approximate surface area is 140 Å². The van der Waals surface area contributed by atoms with E-state index >= 15 is 0 Å². The predicted octanol–water partition coefficient (Wildman–Crippen LogP) is 2.29. The van der Waals surface area contributed by atoms with Crippen LogP contribution in [-0.4, -0.2) is 31.6 Å². The number of hydrogen-bond donors (Lipinski definition) is 1. The van der Waals surface area contributed by atoms with Gasteiger partial charge in [0.05, 0.1) is 23.8 Å². The highest BCUT2D eigenvalue weighted by Gasteiger charge is 2.22. The van der Waals surface area contributed by atoms with Crippen LogP contribution in [0.1, 0.15) is 25.8 Å². The Kier molecular flexibility index (Phi) is 7.36. The van der Waals surface area contributed by atoms with Crippen LogP contribution in [0.5, 0.6) is 5.75 Å². The smallest absolute Gasteiger partial charge is 0.328 e. The monoisotopic (exact) mass is 338 g/mol. The van der Waals surface area contributed by atoms with Crippen molar-refractivity contribution in [1.82, 2.24) is 5.32 Å². The van der Waals surface area contributed by atoms with Crippen molar-refractivity contribution >= 4 is 23.5 Å². The van der Waals surface area contributed by atoms with Crippen molar-refractivity contribution in [2.45, 2.75) is 26.3 Å². The number of amides is 1. The fourth-order valence-electron chi connectivity index (χ4n) is 1.89. The fraction of sp³-hybridized carbons (Fsp3) is 0.438. The summed E-state index contributed by atoms with van der Waals surface area (Å²) in [6, 6.07) is 5.74. The quantitative estimate of drug-likeness (QED) is 0.770. The fourth-order valence-corrected chi connectivity index (χ4v) is 2.13. The van der Waals surface area contributed by atoms with Gasteiger partial charge in [-0.05, 0) is 30.5 Å². The highest BCUT2D eigenvalue weighted by atomic mass is 35.5. The van der Waals surface area contributed by atoms with Crippen LogP contribution in [-0.2, 0) is 14.3 Å². The molecule has 1 atom stereocenters. The van der Waals surface area contributed by atoms with Crippen LogP contribution >= 0.6 is 11.6 Å². The third-order valence-corrected chi connectivity index (χ3v) is 3.24. The van der Waals surface area contributed by atoms with Gasteiger partial charge < -0.3 is 14.8 Å². The molecule has 0 unspecified atom stereocenters. The summed E-state index contributed by atoms with van der Waals surface area (Å²) >= 11 is 5.96. The number of nitriles is 1. The molecule has 1 aromatic carbocycles. The summed E-state index contributed by atoms with van der Waals surface area (Å²) in [7, 11) is 1.27. The van der Waals surface area contributed by atoms with Crippen LogP contribution in [0.3, 0.4) is 0 Å². The SMILES string of the molecule is COC(=O)[C@@H](CC(C)C)NC(=O)COc1ccc(C#N)cc1Cl. The van der Waals surface area contributed by atoms with Gasteiger partial charge in [0, 0.05) is 0 Å². The third-order valence-electron chi connectivity index (χ3n) is 2.95. The molecule has 1 rings (SSSR count). The lowest BCUT2D eigenvalue weighted by Gasteiger charge is -2.18. The molecule has 1 aromatic rings. The van der Waals surface area contributed by atoms with Crippen molar-refractivity contribution in [1.29, 1.82) is 5.26 Å². The van der Waals surface area contributed by atoms with E-state index in [1.54, 1.807) is 0 Å². The molecule has 0 saturated heterocycles. The standard InChI is InChI=1S/C16H19ClN2O4/c1-10(2)6-13(16(21)22-3)19-15(20)9-23-14-5-4-11(8-18)7-12(14)17/h4-5,7,10,13H,6,9H2,1-3H3,(H,19,20)/t13-/m1/s1. The first-order valence-electron chi connectivity index (χ1n) is 7.07. The highest BCUT2D eigenvalue weighted by Crippen LogP contribution is 2.25. The van der Waals surface area contributed by atoms with Gasteiger partial charge in [-0.25, -0.2) is 4.79 Å². The maximum atomic E-state index is 11.9. The number of nitrogens with zero attached hydrogens (tertiary/aromatic N) is 1. The molecule has 0 aliphatic rings. The minimum absolute atomic E-state index is 0.216. The molecule has 0 spiro atoms. The Hall–Kier alpha value is -2.26. The van der Waals surface area contributed by atoms with Crippen molar-refractivity contribution in [3.8, 4) is 11.8 Å². The number of nitrogens with one attached hydrogen (secondary N) is 1. The van der Waals surface area contributed by atoms with Crippen LogP contribution in [0, 0.1) is 17.2 Å². The number of methoxy groups -OCH3 is 1. The van der Waals surface area contributed by atoms with E-state index in [2.05, 4.69) is 10.1 Å². The van der Waals surface area contributed by atoms with Crippen LogP contribution in [0.2, 0.25) is 5.02 Å². The average molecular weight is 339 g/mol. The first kappa shape index (κ1) is 18.8. The second kappa shape index (κ2) is 9.01. The maximum Gasteiger partial charge on any atom is 0.328 e. The van der Waals surface area contributed by atoms with Crippen molar-refractivity contribution in [3.63, 3.8) is 0 Å². The number of benzene rings is 1. The molecule has 1 amide bonds. The number of carbonyl (C=O) groups is 2. The van der Waals surface area contributed by atoms with Crippen molar-refractivity contribution < 1.29 is 19.1 Å². The van der Waals surface area contributed by atoms with Gasteiger partial charge in [0.2, 0.25) is 0 Å². The average Bonchev–Trinajstić information content (AvgIpc) is 2.51. The molecule has 0 bridgehead atoms. The molecular formula is C16H19ClN2O4. The van der Waals surface area contributed by atoms with Gasteiger partial charge in [-0.2, -0.15) is 5.26 Å². The summed E-state index contributed by atoms with van der Waals surface area (Å²) < 4.78 is 9.99. The van der Waals surface area contributed by atoms with Gasteiger partial charge in [0.25, 0.3) is 5.91 Å². The van der Waals surface area contributed by atoms with E-state index in [1.807, 2.05) is 19.9 Å². The first-order chi connectivity index (χ1) is 10.9. The van der Waals surface area contributed by atoms with Gasteiger partial charge in [0.1, 0.15) is 11.8 Å². The van der Waals surface area contributed by atoms with Crippen molar-refractivity contribution in [3.05, 3.63) is 28.8 Å². The predicted molar refractivity (Wildman–Crippen MR) is 85.1 cm³/mol. The molecule has 0 radical (unpaired) electrons. The number of carbonyl (C=O) groups excluding carboxylic acids is 2. The topological polar surface area (TPSA) is 88.4 Å². The summed E-state index contributed by atoms with van der Waals surface area (Å²) in [6.07, 6.45) is 0.468. The van der Waals surface area contributed by atoms with Crippen LogP contribution < -0.4 is 10.1 Å². The zero-order chi connectivity index (χ0) is 17.4. The second-order valence-electron chi connectivity index (χ2n) is 5.32. The lowest BCUT2D eigenvalue weighted by Crippen LogP contribution is -2.44. The van der Waals surface area contributed by atoms with Gasteiger partial charge in [-0.15, -0.1) is 0 Å². The Morgan fingerprint density at radius 3 is 2.61 bits per heavy atom. The molecule has 124 valence electrons. The Morgan fingerprint density at radius 2 is 2.09 bits per heavy atom. The number of ether oxygens (including phenoxy) is 2. The molecule has 1 N–H and O–H groups in total. The minimum atomic E-state index is -0.715. The highest BCUT2D eigenvalue weighted by molar-refractivity contribution is 6.32. The van der Waals surface area contributed by atoms with Crippen molar-refractivity contribution in [2.24, 2.45) is 5.92 Å². The minimum Gasteiger partial charge on any atom is -0.482 e. The summed E-state index contributed by atoms with van der Waals surface area (Å²) in [5, 5.41) is 11.6. The van der Waals surface area contributed by atoms with E-state index < -0.39 is 17.9 Å². The molecular weight excluding hydrogens is 320 g/mol. The Balaban J connectivity index is 2.61. The van der Waals surface area contributed by atoms with E-state index in [-0.39, 0.29) is 17.5 Å². The van der Waals surface area contributed by atoms with Gasteiger partial charge in [0.15, 0.2) is 6.61 Å². The molecule has 0 aromatic heterocycles. The summed E-state index contributed by atoms with van der Waals surface area (Å²) in [6.45, 7) is 3.58. The van der Waals surface area contributed by atoms with E-state index in [4.69, 9.17) is 21.6 Å². The number of halogens is 1. The van der Waals surface area contributed by atoms with Gasteiger partial charge >= 0.3 is 5.97 Å². The third kappa shape index (κ3) is 6.17. The van der Waals surface area contributed by atoms with E-state index in [0.717, 1.165) is 0 Å². The lowest BCUT2D eigenvalue weighted by molar-refractivity contribution is -0.145. The van der Waals surface area contributed by atoms with Crippen LogP contribution in [0.4, 0.5) is 0 Å². The normalized spacial score (nSPS) is 11.5. The van der Waals surface area contributed by atoms with Crippen molar-refractivity contribution in [2.75, 3.05) is 13.7 Å². The molecule has 0 heterocycles. The number of esters is 1. The number of rotatable bonds is 7. The van der Waals surface area contributed by atoms with Gasteiger partial charge in [-0.3, -0.25) is 4.79 Å². The Morgan fingerprint density at radius 1 is 1.39 bits per heavy atom. The zero-order valence-corrected chi connectivity index (χ0v) is 14.0. The van der Waals surface area contributed by atoms with E-state index in [9.17, 15) is 9.59 Å². The lowest BCUT2D eigenvalue weighted by atomic mass is 10.0. The largest absolute Gasteiger partial charge is 0.482 e. The first-order valence-corrected chi connectivity index (χ1v) is 7.44. The zero-order valence-electron chi connectivity index (χ0n) is 13.3. The van der Waals surface area contributed by atoms with E-state index in [0.29, 0.717) is 17.7 Å².